The SMILES string of the molecule is C/C=C\C1=C(/C=C\C)N(C)C(=O)C(C(C)C)c2ccccc21. The molecule has 0 spiro atoms. The molecule has 1 atom stereocenters. The molecule has 0 radical (unpaired) electrons. The van der Waals surface area contributed by atoms with Crippen LogP contribution in [0.2, 0.25) is 0 Å². The molecule has 0 saturated heterocycles. The fraction of sp³-hybridized carbons (Fsp3) is 0.350. The van der Waals surface area contributed by atoms with Crippen LogP contribution in [0.15, 0.2) is 54.3 Å². The van der Waals surface area contributed by atoms with E-state index in [0.29, 0.717) is 0 Å². The Balaban J connectivity index is 2.82. The van der Waals surface area contributed by atoms with Gasteiger partial charge >= 0.3 is 0 Å². The van der Waals surface area contributed by atoms with Gasteiger partial charge in [-0.3, -0.25) is 4.79 Å². The van der Waals surface area contributed by atoms with Crippen LogP contribution in [0.5, 0.6) is 0 Å². The quantitative estimate of drug-likeness (QED) is 0.787. The lowest BCUT2D eigenvalue weighted by atomic mass is 9.84. The normalized spacial score (nSPS) is 19.5. The predicted octanol–water partition coefficient (Wildman–Crippen LogP) is 4.76. The number of carbonyl (C=O) groups excluding carboxylic acids is 1. The standard InChI is InChI=1S/C20H25NO/c1-6-10-16-15-12-8-9-13-17(15)19(14(3)4)20(22)21(5)18(16)11-7-2/h6-14,19H,1-5H3/b10-6-,11-7-. The molecule has 116 valence electrons. The number of allylic oxidation sites excluding steroid dienone is 5. The first-order valence-corrected chi connectivity index (χ1v) is 7.89. The van der Waals surface area contributed by atoms with E-state index in [9.17, 15) is 4.79 Å². The van der Waals surface area contributed by atoms with Crippen LogP contribution in [0.3, 0.4) is 0 Å². The van der Waals surface area contributed by atoms with Gasteiger partial charge in [-0.1, -0.05) is 56.3 Å². The zero-order chi connectivity index (χ0) is 16.3. The summed E-state index contributed by atoms with van der Waals surface area (Å²) in [5.74, 6) is 0.312. The van der Waals surface area contributed by atoms with Crippen LogP contribution < -0.4 is 0 Å². The van der Waals surface area contributed by atoms with Gasteiger partial charge in [0.1, 0.15) is 0 Å². The molecule has 1 aromatic carbocycles. The number of rotatable bonds is 3. The minimum atomic E-state index is -0.107. The lowest BCUT2D eigenvalue weighted by Gasteiger charge is -2.25. The Morgan fingerprint density at radius 2 is 1.73 bits per heavy atom. The number of hydrogen-bond acceptors (Lipinski definition) is 1. The van der Waals surface area contributed by atoms with Gasteiger partial charge in [-0.2, -0.15) is 0 Å². The van der Waals surface area contributed by atoms with E-state index in [4.69, 9.17) is 0 Å². The van der Waals surface area contributed by atoms with Gasteiger partial charge in [0, 0.05) is 12.6 Å². The second kappa shape index (κ2) is 6.78. The van der Waals surface area contributed by atoms with Crippen LogP contribution in [-0.4, -0.2) is 17.9 Å². The highest BCUT2D eigenvalue weighted by Gasteiger charge is 2.33. The van der Waals surface area contributed by atoms with E-state index in [-0.39, 0.29) is 17.7 Å². The van der Waals surface area contributed by atoms with Gasteiger partial charge in [-0.05, 0) is 37.0 Å². The second-order valence-corrected chi connectivity index (χ2v) is 6.01. The van der Waals surface area contributed by atoms with Crippen molar-refractivity contribution in [2.24, 2.45) is 5.92 Å². The van der Waals surface area contributed by atoms with Crippen molar-refractivity contribution in [2.45, 2.75) is 33.6 Å². The second-order valence-electron chi connectivity index (χ2n) is 6.01. The molecule has 0 saturated carbocycles. The molecule has 0 aromatic heterocycles. The summed E-state index contributed by atoms with van der Waals surface area (Å²) < 4.78 is 0. The van der Waals surface area contributed by atoms with E-state index in [1.165, 1.54) is 0 Å². The lowest BCUT2D eigenvalue weighted by Crippen LogP contribution is -2.32. The Morgan fingerprint density at radius 1 is 1.09 bits per heavy atom. The maximum absolute atomic E-state index is 13.0. The van der Waals surface area contributed by atoms with Gasteiger partial charge in [-0.25, -0.2) is 0 Å². The number of nitrogens with zero attached hydrogens (tertiary/aromatic N) is 1. The first-order chi connectivity index (χ1) is 10.5. The topological polar surface area (TPSA) is 20.3 Å². The summed E-state index contributed by atoms with van der Waals surface area (Å²) in [4.78, 5) is 14.8. The average molecular weight is 295 g/mol. The van der Waals surface area contributed by atoms with E-state index in [0.717, 1.165) is 22.4 Å². The van der Waals surface area contributed by atoms with Crippen molar-refractivity contribution in [1.29, 1.82) is 0 Å². The molecule has 2 heteroatoms. The third-order valence-electron chi connectivity index (χ3n) is 4.14. The molecule has 1 unspecified atom stereocenters. The van der Waals surface area contributed by atoms with Gasteiger partial charge in [-0.15, -0.1) is 0 Å². The molecular weight excluding hydrogens is 270 g/mol. The molecule has 1 amide bonds. The van der Waals surface area contributed by atoms with E-state index in [1.807, 2.05) is 51.3 Å². The van der Waals surface area contributed by atoms with Gasteiger partial charge in [0.15, 0.2) is 0 Å². The van der Waals surface area contributed by atoms with E-state index in [2.05, 4.69) is 32.1 Å². The van der Waals surface area contributed by atoms with Gasteiger partial charge in [0.2, 0.25) is 5.91 Å². The summed E-state index contributed by atoms with van der Waals surface area (Å²) in [7, 11) is 1.88. The number of amides is 1. The summed E-state index contributed by atoms with van der Waals surface area (Å²) in [6, 6.07) is 8.28. The van der Waals surface area contributed by atoms with Gasteiger partial charge < -0.3 is 4.90 Å². The first-order valence-electron chi connectivity index (χ1n) is 7.89. The van der Waals surface area contributed by atoms with E-state index in [1.54, 1.807) is 4.90 Å². The Kier molecular flexibility index (Phi) is 5.02. The number of benzene rings is 1. The van der Waals surface area contributed by atoms with Crippen molar-refractivity contribution < 1.29 is 4.79 Å². The maximum Gasteiger partial charge on any atom is 0.234 e. The molecular formula is C20H25NO. The van der Waals surface area contributed by atoms with Crippen molar-refractivity contribution in [2.75, 3.05) is 7.05 Å². The smallest absolute Gasteiger partial charge is 0.234 e. The number of likely N-dealkylation sites (N-methyl/N-ethyl adjacent to an activating group) is 1. The Morgan fingerprint density at radius 3 is 2.32 bits per heavy atom. The molecule has 1 heterocycles. The predicted molar refractivity (Wildman–Crippen MR) is 93.3 cm³/mol. The molecule has 2 nitrogen and oxygen atoms in total. The van der Waals surface area contributed by atoms with Crippen molar-refractivity contribution in [3.05, 3.63) is 65.4 Å². The van der Waals surface area contributed by atoms with Crippen LogP contribution in [0.4, 0.5) is 0 Å². The maximum atomic E-state index is 13.0. The van der Waals surface area contributed by atoms with Crippen molar-refractivity contribution in [3.8, 4) is 0 Å². The Bertz CT molecular complexity index is 649. The first kappa shape index (κ1) is 16.3. The summed E-state index contributed by atoms with van der Waals surface area (Å²) in [5.41, 5.74) is 4.35. The molecule has 0 N–H and O–H groups in total. The number of carbonyl (C=O) groups is 1. The lowest BCUT2D eigenvalue weighted by molar-refractivity contribution is -0.130. The zero-order valence-electron chi connectivity index (χ0n) is 14.1. The van der Waals surface area contributed by atoms with Crippen molar-refractivity contribution in [1.82, 2.24) is 4.90 Å². The monoisotopic (exact) mass is 295 g/mol. The van der Waals surface area contributed by atoms with Crippen LogP contribution >= 0.6 is 0 Å². The average Bonchev–Trinajstić information content (AvgIpc) is 2.57. The van der Waals surface area contributed by atoms with Gasteiger partial charge in [0.05, 0.1) is 11.6 Å². The molecule has 1 aromatic rings. The third kappa shape index (κ3) is 2.78. The minimum absolute atomic E-state index is 0.107. The third-order valence-corrected chi connectivity index (χ3v) is 4.14. The van der Waals surface area contributed by atoms with Crippen molar-refractivity contribution in [3.63, 3.8) is 0 Å². The zero-order valence-corrected chi connectivity index (χ0v) is 14.1. The summed E-state index contributed by atoms with van der Waals surface area (Å²) in [6.07, 6.45) is 8.14. The van der Waals surface area contributed by atoms with Crippen LogP contribution in [0.25, 0.3) is 5.57 Å². The molecule has 22 heavy (non-hydrogen) atoms. The minimum Gasteiger partial charge on any atom is -0.314 e. The number of fused-ring (bicyclic) bond motifs is 1. The molecule has 0 aliphatic carbocycles. The summed E-state index contributed by atoms with van der Waals surface area (Å²) >= 11 is 0. The Labute approximate surface area is 133 Å². The van der Waals surface area contributed by atoms with Crippen LogP contribution in [-0.2, 0) is 4.79 Å². The van der Waals surface area contributed by atoms with Crippen LogP contribution in [0.1, 0.15) is 44.7 Å². The highest BCUT2D eigenvalue weighted by atomic mass is 16.2. The highest BCUT2D eigenvalue weighted by molar-refractivity contribution is 5.94. The fourth-order valence-corrected chi connectivity index (χ4v) is 3.14. The Hall–Kier alpha value is -2.09. The largest absolute Gasteiger partial charge is 0.314 e. The highest BCUT2D eigenvalue weighted by Crippen LogP contribution is 2.38. The van der Waals surface area contributed by atoms with E-state index < -0.39 is 0 Å². The summed E-state index contributed by atoms with van der Waals surface area (Å²) in [5, 5.41) is 0. The summed E-state index contributed by atoms with van der Waals surface area (Å²) in [6.45, 7) is 8.22. The van der Waals surface area contributed by atoms with Gasteiger partial charge in [0.25, 0.3) is 0 Å². The molecule has 1 aliphatic rings. The fourth-order valence-electron chi connectivity index (χ4n) is 3.14. The van der Waals surface area contributed by atoms with Crippen LogP contribution in [0, 0.1) is 5.92 Å². The molecule has 1 aliphatic heterocycles. The van der Waals surface area contributed by atoms with E-state index >= 15 is 0 Å². The number of hydrogen-bond donors (Lipinski definition) is 0. The van der Waals surface area contributed by atoms with Crippen molar-refractivity contribution >= 4 is 11.5 Å². The molecule has 0 fully saturated rings. The molecule has 0 bridgehead atoms. The molecule has 2 rings (SSSR count).